The van der Waals surface area contributed by atoms with Crippen LogP contribution < -0.4 is 0 Å². The van der Waals surface area contributed by atoms with E-state index in [1.54, 1.807) is 0 Å². The Kier molecular flexibility index (Phi) is 3.06. The molecule has 1 rings (SSSR count). The van der Waals surface area contributed by atoms with Crippen LogP contribution in [0.4, 0.5) is 4.39 Å². The normalized spacial score (nSPS) is 13.0. The van der Waals surface area contributed by atoms with Gasteiger partial charge in [0.05, 0.1) is 6.67 Å². The Balaban J connectivity index is 2.86. The maximum Gasteiger partial charge on any atom is 0.0962 e. The second-order valence-electron chi connectivity index (χ2n) is 2.41. The predicted molar refractivity (Wildman–Crippen MR) is 48.2 cm³/mol. The van der Waals surface area contributed by atoms with Gasteiger partial charge < -0.3 is 0 Å². The molecule has 0 nitrogen and oxygen atoms in total. The fourth-order valence-electron chi connectivity index (χ4n) is 0.850. The zero-order valence-corrected chi connectivity index (χ0v) is 7.64. The zero-order chi connectivity index (χ0) is 8.27. The van der Waals surface area contributed by atoms with Crippen LogP contribution in [0.15, 0.2) is 28.7 Å². The molecule has 0 aliphatic carbocycles. The van der Waals surface area contributed by atoms with Crippen molar-refractivity contribution in [2.45, 2.75) is 5.92 Å². The number of hydrogen-bond acceptors (Lipinski definition) is 0. The molecule has 59 valence electrons. The van der Waals surface area contributed by atoms with Crippen molar-refractivity contribution in [1.29, 1.82) is 0 Å². The number of benzene rings is 1. The molecule has 0 saturated heterocycles. The van der Waals surface area contributed by atoms with E-state index < -0.39 is 6.67 Å². The minimum Gasteiger partial charge on any atom is -0.250 e. The molecule has 1 atom stereocenters. The maximum atomic E-state index is 12.1. The predicted octanol–water partition coefficient (Wildman–Crippen LogP) is 3.34. The Labute approximate surface area is 74.6 Å². The van der Waals surface area contributed by atoms with Gasteiger partial charge in [-0.2, -0.15) is 0 Å². The third-order valence-electron chi connectivity index (χ3n) is 1.51. The fraction of sp³-hybridized carbons (Fsp3) is 0.222. The Morgan fingerprint density at radius 1 is 1.55 bits per heavy atom. The highest BCUT2D eigenvalue weighted by Crippen LogP contribution is 2.19. The van der Waals surface area contributed by atoms with E-state index in [4.69, 9.17) is 0 Å². The third-order valence-corrected chi connectivity index (χ3v) is 2.00. The lowest BCUT2D eigenvalue weighted by Crippen LogP contribution is -1.94. The summed E-state index contributed by atoms with van der Waals surface area (Å²) in [6.45, 7) is 3.27. The number of alkyl halides is 1. The van der Waals surface area contributed by atoms with E-state index in [1.165, 1.54) is 0 Å². The van der Waals surface area contributed by atoms with Crippen LogP contribution in [0.3, 0.4) is 0 Å². The molecule has 0 aliphatic heterocycles. The molecule has 0 N–H and O–H groups in total. The monoisotopic (exact) mass is 215 g/mol. The minimum atomic E-state index is -0.406. The summed E-state index contributed by atoms with van der Waals surface area (Å²) < 4.78 is 13.1. The Morgan fingerprint density at radius 2 is 2.27 bits per heavy atom. The highest BCUT2D eigenvalue weighted by atomic mass is 79.9. The smallest absolute Gasteiger partial charge is 0.0962 e. The average molecular weight is 216 g/mol. The summed E-state index contributed by atoms with van der Waals surface area (Å²) in [5.41, 5.74) is 0.932. The van der Waals surface area contributed by atoms with Crippen molar-refractivity contribution in [2.75, 3.05) is 6.67 Å². The van der Waals surface area contributed by atoms with Gasteiger partial charge in [-0.1, -0.05) is 28.1 Å². The molecule has 0 aromatic heterocycles. The van der Waals surface area contributed by atoms with E-state index in [0.29, 0.717) is 0 Å². The van der Waals surface area contributed by atoms with Crippen LogP contribution in [0.25, 0.3) is 0 Å². The van der Waals surface area contributed by atoms with Gasteiger partial charge in [0.1, 0.15) is 0 Å². The molecule has 0 amide bonds. The molecule has 0 heterocycles. The first-order valence-corrected chi connectivity index (χ1v) is 4.18. The summed E-state index contributed by atoms with van der Waals surface area (Å²) in [5.74, 6) is -0.243. The van der Waals surface area contributed by atoms with Crippen molar-refractivity contribution in [1.82, 2.24) is 0 Å². The van der Waals surface area contributed by atoms with Crippen molar-refractivity contribution in [3.05, 3.63) is 41.2 Å². The van der Waals surface area contributed by atoms with Crippen molar-refractivity contribution >= 4 is 15.9 Å². The van der Waals surface area contributed by atoms with Gasteiger partial charge in [-0.3, -0.25) is 4.39 Å². The third kappa shape index (κ3) is 2.29. The maximum absolute atomic E-state index is 12.1. The van der Waals surface area contributed by atoms with Crippen molar-refractivity contribution in [3.63, 3.8) is 0 Å². The lowest BCUT2D eigenvalue weighted by Gasteiger charge is -2.05. The van der Waals surface area contributed by atoms with Crippen molar-refractivity contribution < 1.29 is 4.39 Å². The van der Waals surface area contributed by atoms with Crippen LogP contribution in [0.2, 0.25) is 0 Å². The fourth-order valence-corrected chi connectivity index (χ4v) is 1.27. The van der Waals surface area contributed by atoms with Gasteiger partial charge in [-0.15, -0.1) is 0 Å². The van der Waals surface area contributed by atoms with Crippen molar-refractivity contribution in [3.8, 4) is 0 Å². The Bertz CT molecular complexity index is 235. The lowest BCUT2D eigenvalue weighted by atomic mass is 10.0. The second kappa shape index (κ2) is 3.86. The molecule has 1 aromatic carbocycles. The van der Waals surface area contributed by atoms with E-state index in [9.17, 15) is 4.39 Å². The number of hydrogen-bond donors (Lipinski definition) is 0. The van der Waals surface area contributed by atoms with Crippen LogP contribution in [0, 0.1) is 6.92 Å². The molecule has 0 aliphatic rings. The zero-order valence-electron chi connectivity index (χ0n) is 6.06. The molecule has 0 bridgehead atoms. The van der Waals surface area contributed by atoms with Crippen LogP contribution in [-0.4, -0.2) is 6.67 Å². The molecular formula is C9H9BrF. The van der Waals surface area contributed by atoms with Gasteiger partial charge in [0.15, 0.2) is 0 Å². The largest absolute Gasteiger partial charge is 0.250 e. The van der Waals surface area contributed by atoms with Gasteiger partial charge in [0, 0.05) is 10.4 Å². The summed E-state index contributed by atoms with van der Waals surface area (Å²) in [4.78, 5) is 0. The summed E-state index contributed by atoms with van der Waals surface area (Å²) in [6, 6.07) is 7.56. The number of halogens is 2. The highest BCUT2D eigenvalue weighted by molar-refractivity contribution is 9.10. The molecule has 1 aromatic rings. The second-order valence-corrected chi connectivity index (χ2v) is 3.32. The molecule has 1 radical (unpaired) electrons. The summed E-state index contributed by atoms with van der Waals surface area (Å²) in [5, 5.41) is 0. The first kappa shape index (κ1) is 8.72. The first-order chi connectivity index (χ1) is 5.24. The Morgan fingerprint density at radius 3 is 2.82 bits per heavy atom. The van der Waals surface area contributed by atoms with Crippen LogP contribution in [0.1, 0.15) is 11.5 Å². The van der Waals surface area contributed by atoms with E-state index >= 15 is 0 Å². The minimum absolute atomic E-state index is 0.243. The van der Waals surface area contributed by atoms with E-state index in [0.717, 1.165) is 10.0 Å². The van der Waals surface area contributed by atoms with E-state index in [-0.39, 0.29) is 5.92 Å². The molecule has 2 heteroatoms. The average Bonchev–Trinajstić information content (AvgIpc) is 2.03. The summed E-state index contributed by atoms with van der Waals surface area (Å²) >= 11 is 3.31. The molecule has 0 spiro atoms. The van der Waals surface area contributed by atoms with Gasteiger partial charge in [-0.25, -0.2) is 0 Å². The Hall–Kier alpha value is -0.370. The van der Waals surface area contributed by atoms with Crippen LogP contribution >= 0.6 is 15.9 Å². The molecule has 0 saturated carbocycles. The topological polar surface area (TPSA) is 0 Å². The number of rotatable bonds is 2. The molecular weight excluding hydrogens is 207 g/mol. The van der Waals surface area contributed by atoms with Crippen LogP contribution in [-0.2, 0) is 0 Å². The van der Waals surface area contributed by atoms with Gasteiger partial charge in [0.25, 0.3) is 0 Å². The SMILES string of the molecule is [CH2]C(CF)c1cccc(Br)c1. The van der Waals surface area contributed by atoms with E-state index in [2.05, 4.69) is 22.9 Å². The van der Waals surface area contributed by atoms with Gasteiger partial charge in [-0.05, 0) is 24.6 Å². The van der Waals surface area contributed by atoms with E-state index in [1.807, 2.05) is 24.3 Å². The quantitative estimate of drug-likeness (QED) is 0.711. The summed E-state index contributed by atoms with van der Waals surface area (Å²) in [6.07, 6.45) is 0. The van der Waals surface area contributed by atoms with Gasteiger partial charge >= 0.3 is 0 Å². The van der Waals surface area contributed by atoms with Gasteiger partial charge in [0.2, 0.25) is 0 Å². The van der Waals surface area contributed by atoms with Crippen molar-refractivity contribution in [2.24, 2.45) is 0 Å². The molecule has 1 unspecified atom stereocenters. The molecule has 0 fully saturated rings. The lowest BCUT2D eigenvalue weighted by molar-refractivity contribution is 0.465. The first-order valence-electron chi connectivity index (χ1n) is 3.38. The molecule has 11 heavy (non-hydrogen) atoms. The highest BCUT2D eigenvalue weighted by Gasteiger charge is 2.03. The standard InChI is InChI=1S/C9H9BrF/c1-7(6-11)8-3-2-4-9(10)5-8/h2-5,7H,1,6H2. The van der Waals surface area contributed by atoms with Crippen LogP contribution in [0.5, 0.6) is 0 Å². The summed E-state index contributed by atoms with van der Waals surface area (Å²) in [7, 11) is 0.